The number of hydrogen-bond donors (Lipinski definition) is 1. The summed E-state index contributed by atoms with van der Waals surface area (Å²) in [6, 6.07) is 9.41. The maximum absolute atomic E-state index is 3.84. The zero-order valence-electron chi connectivity index (χ0n) is 13.7. The molecule has 1 unspecified atom stereocenters. The van der Waals surface area contributed by atoms with Crippen LogP contribution >= 0.6 is 15.9 Å². The number of piperazine rings is 1. The van der Waals surface area contributed by atoms with Gasteiger partial charge < -0.3 is 5.32 Å². The summed E-state index contributed by atoms with van der Waals surface area (Å²) in [5.74, 6) is 0. The second kappa shape index (κ2) is 7.75. The predicted octanol–water partition coefficient (Wildman–Crippen LogP) is 4.58. The van der Waals surface area contributed by atoms with E-state index in [1.54, 1.807) is 0 Å². The van der Waals surface area contributed by atoms with Crippen molar-refractivity contribution in [3.05, 3.63) is 34.3 Å². The van der Waals surface area contributed by atoms with E-state index in [1.165, 1.54) is 35.7 Å². The van der Waals surface area contributed by atoms with E-state index < -0.39 is 0 Å². The molecule has 1 N–H and O–H groups in total. The lowest BCUT2D eigenvalue weighted by atomic mass is 9.87. The molecule has 0 aromatic heterocycles. The monoisotopic (exact) mass is 352 g/mol. The molecule has 0 amide bonds. The molecule has 1 aromatic rings. The molecular formula is C18H29BrN2. The Morgan fingerprint density at radius 3 is 2.67 bits per heavy atom. The number of rotatable bonds is 6. The third-order valence-corrected chi connectivity index (χ3v) is 5.48. The van der Waals surface area contributed by atoms with Gasteiger partial charge in [0.25, 0.3) is 0 Å². The molecule has 3 heteroatoms. The standard InChI is InChI=1S/C18H29BrN2/c1-4-8-17-12-20-18(5-2,6-3)14-21(17)13-15-9-7-10-16(19)11-15/h7,9-11,17,20H,4-6,8,12-14H2,1-3H3. The average molecular weight is 353 g/mol. The second-order valence-corrected chi connectivity index (χ2v) is 7.26. The maximum atomic E-state index is 3.84. The van der Waals surface area contributed by atoms with E-state index in [0.717, 1.165) is 19.6 Å². The lowest BCUT2D eigenvalue weighted by Gasteiger charge is -2.47. The first-order chi connectivity index (χ1) is 10.1. The normalized spacial score (nSPS) is 22.4. The highest BCUT2D eigenvalue weighted by molar-refractivity contribution is 9.10. The van der Waals surface area contributed by atoms with E-state index >= 15 is 0 Å². The molecule has 0 bridgehead atoms. The number of benzene rings is 1. The Morgan fingerprint density at radius 2 is 2.05 bits per heavy atom. The summed E-state index contributed by atoms with van der Waals surface area (Å²) in [6.45, 7) is 10.3. The third-order valence-electron chi connectivity index (χ3n) is 4.98. The van der Waals surface area contributed by atoms with Crippen LogP contribution in [0.5, 0.6) is 0 Å². The fourth-order valence-electron chi connectivity index (χ4n) is 3.43. The lowest BCUT2D eigenvalue weighted by molar-refractivity contribution is 0.0616. The van der Waals surface area contributed by atoms with Gasteiger partial charge in [-0.2, -0.15) is 0 Å². The van der Waals surface area contributed by atoms with Gasteiger partial charge in [0.05, 0.1) is 0 Å². The first-order valence-corrected chi connectivity index (χ1v) is 9.15. The van der Waals surface area contributed by atoms with E-state index in [0.29, 0.717) is 11.6 Å². The topological polar surface area (TPSA) is 15.3 Å². The van der Waals surface area contributed by atoms with Crippen LogP contribution < -0.4 is 5.32 Å². The SMILES string of the molecule is CCCC1CNC(CC)(CC)CN1Cc1cccc(Br)c1. The van der Waals surface area contributed by atoms with Gasteiger partial charge in [0, 0.05) is 35.7 Å². The summed E-state index contributed by atoms with van der Waals surface area (Å²) in [6.07, 6.45) is 4.95. The van der Waals surface area contributed by atoms with Crippen molar-refractivity contribution < 1.29 is 0 Å². The number of nitrogens with zero attached hydrogens (tertiary/aromatic N) is 1. The molecular weight excluding hydrogens is 324 g/mol. The number of nitrogens with one attached hydrogen (secondary N) is 1. The van der Waals surface area contributed by atoms with Crippen molar-refractivity contribution in [1.29, 1.82) is 0 Å². The molecule has 21 heavy (non-hydrogen) atoms. The van der Waals surface area contributed by atoms with Gasteiger partial charge in [-0.1, -0.05) is 55.3 Å². The summed E-state index contributed by atoms with van der Waals surface area (Å²) in [4.78, 5) is 2.70. The predicted molar refractivity (Wildman–Crippen MR) is 94.6 cm³/mol. The van der Waals surface area contributed by atoms with Crippen molar-refractivity contribution in [2.45, 2.75) is 64.6 Å². The van der Waals surface area contributed by atoms with Crippen molar-refractivity contribution in [2.24, 2.45) is 0 Å². The van der Waals surface area contributed by atoms with Crippen molar-refractivity contribution in [2.75, 3.05) is 13.1 Å². The van der Waals surface area contributed by atoms with E-state index in [-0.39, 0.29) is 0 Å². The highest BCUT2D eigenvalue weighted by Gasteiger charge is 2.36. The van der Waals surface area contributed by atoms with Gasteiger partial charge >= 0.3 is 0 Å². The Morgan fingerprint density at radius 1 is 1.29 bits per heavy atom. The van der Waals surface area contributed by atoms with Gasteiger partial charge in [0.1, 0.15) is 0 Å². The quantitative estimate of drug-likeness (QED) is 0.805. The van der Waals surface area contributed by atoms with Gasteiger partial charge in [-0.25, -0.2) is 0 Å². The Labute approximate surface area is 138 Å². The van der Waals surface area contributed by atoms with Crippen LogP contribution in [-0.4, -0.2) is 29.6 Å². The van der Waals surface area contributed by atoms with Crippen molar-refractivity contribution in [1.82, 2.24) is 10.2 Å². The van der Waals surface area contributed by atoms with Gasteiger partial charge in [-0.15, -0.1) is 0 Å². The van der Waals surface area contributed by atoms with Gasteiger partial charge in [0.15, 0.2) is 0 Å². The van der Waals surface area contributed by atoms with E-state index in [2.05, 4.69) is 71.2 Å². The molecule has 1 heterocycles. The number of halogens is 1. The van der Waals surface area contributed by atoms with Crippen LogP contribution in [0.25, 0.3) is 0 Å². The van der Waals surface area contributed by atoms with Crippen LogP contribution in [0.3, 0.4) is 0 Å². The molecule has 1 atom stereocenters. The van der Waals surface area contributed by atoms with Crippen LogP contribution in [0.2, 0.25) is 0 Å². The fourth-order valence-corrected chi connectivity index (χ4v) is 3.88. The molecule has 1 fully saturated rings. The van der Waals surface area contributed by atoms with Crippen molar-refractivity contribution in [3.8, 4) is 0 Å². The second-order valence-electron chi connectivity index (χ2n) is 6.35. The molecule has 0 saturated carbocycles. The Bertz CT molecular complexity index is 443. The first-order valence-electron chi connectivity index (χ1n) is 8.36. The van der Waals surface area contributed by atoms with Gasteiger partial charge in [-0.05, 0) is 37.0 Å². The third kappa shape index (κ3) is 4.30. The largest absolute Gasteiger partial charge is 0.308 e. The molecule has 1 aliphatic heterocycles. The van der Waals surface area contributed by atoms with Crippen molar-refractivity contribution in [3.63, 3.8) is 0 Å². The number of hydrogen-bond acceptors (Lipinski definition) is 2. The van der Waals surface area contributed by atoms with Crippen LogP contribution in [-0.2, 0) is 6.54 Å². The lowest BCUT2D eigenvalue weighted by Crippen LogP contribution is -2.63. The molecule has 118 valence electrons. The molecule has 1 aromatic carbocycles. The zero-order valence-corrected chi connectivity index (χ0v) is 15.2. The minimum Gasteiger partial charge on any atom is -0.308 e. The summed E-state index contributed by atoms with van der Waals surface area (Å²) in [7, 11) is 0. The van der Waals surface area contributed by atoms with Crippen LogP contribution in [0.1, 0.15) is 52.0 Å². The molecule has 0 spiro atoms. The van der Waals surface area contributed by atoms with Gasteiger partial charge in [0.2, 0.25) is 0 Å². The van der Waals surface area contributed by atoms with Gasteiger partial charge in [-0.3, -0.25) is 4.90 Å². The molecule has 0 radical (unpaired) electrons. The highest BCUT2D eigenvalue weighted by atomic mass is 79.9. The summed E-state index contributed by atoms with van der Waals surface area (Å²) < 4.78 is 1.18. The summed E-state index contributed by atoms with van der Waals surface area (Å²) in [5, 5.41) is 3.84. The molecule has 1 aliphatic rings. The molecule has 2 rings (SSSR count). The van der Waals surface area contributed by atoms with Crippen molar-refractivity contribution >= 4 is 15.9 Å². The Kier molecular flexibility index (Phi) is 6.27. The minimum absolute atomic E-state index is 0.302. The van der Waals surface area contributed by atoms with Crippen LogP contribution in [0.4, 0.5) is 0 Å². The fraction of sp³-hybridized carbons (Fsp3) is 0.667. The summed E-state index contributed by atoms with van der Waals surface area (Å²) >= 11 is 3.59. The molecule has 1 saturated heterocycles. The van der Waals surface area contributed by atoms with E-state index in [4.69, 9.17) is 0 Å². The smallest absolute Gasteiger partial charge is 0.0304 e. The molecule has 2 nitrogen and oxygen atoms in total. The zero-order chi connectivity index (χ0) is 15.3. The first kappa shape index (κ1) is 17.0. The molecule has 0 aliphatic carbocycles. The summed E-state index contributed by atoms with van der Waals surface area (Å²) in [5.41, 5.74) is 1.71. The minimum atomic E-state index is 0.302. The Hall–Kier alpha value is -0.380. The van der Waals surface area contributed by atoms with Crippen LogP contribution in [0.15, 0.2) is 28.7 Å². The maximum Gasteiger partial charge on any atom is 0.0304 e. The van der Waals surface area contributed by atoms with E-state index in [9.17, 15) is 0 Å². The van der Waals surface area contributed by atoms with Crippen LogP contribution in [0, 0.1) is 0 Å². The Balaban J connectivity index is 2.13. The van der Waals surface area contributed by atoms with E-state index in [1.807, 2.05) is 0 Å². The average Bonchev–Trinajstić information content (AvgIpc) is 2.49. The highest BCUT2D eigenvalue weighted by Crippen LogP contribution is 2.26.